The van der Waals surface area contributed by atoms with Crippen molar-refractivity contribution in [2.45, 2.75) is 32.7 Å². The van der Waals surface area contributed by atoms with Crippen LogP contribution >= 0.6 is 0 Å². The quantitative estimate of drug-likeness (QED) is 0.741. The minimum atomic E-state index is -3.27. The first-order chi connectivity index (χ1) is 8.10. The summed E-state index contributed by atoms with van der Waals surface area (Å²) in [6.07, 6.45) is 1.73. The molecule has 6 heteroatoms. The Bertz CT molecular complexity index is 358. The maximum Gasteiger partial charge on any atom is 0.279 e. The molecule has 0 aromatic rings. The summed E-state index contributed by atoms with van der Waals surface area (Å²) in [6, 6.07) is 0.171. The van der Waals surface area contributed by atoms with Gasteiger partial charge in [0.15, 0.2) is 0 Å². The highest BCUT2D eigenvalue weighted by molar-refractivity contribution is 7.87. The third kappa shape index (κ3) is 2.50. The standard InChI is InChI=1S/C11H23N3O2S/c1-3-5-13-17(15,16)14-8-9-6-12-7-10(9)11(14)4-2/h9-13H,3-8H2,1-2H3. The van der Waals surface area contributed by atoms with Crippen molar-refractivity contribution in [3.05, 3.63) is 0 Å². The Kier molecular flexibility index (Phi) is 4.07. The van der Waals surface area contributed by atoms with Crippen LogP contribution in [-0.2, 0) is 10.2 Å². The smallest absolute Gasteiger partial charge is 0.279 e. The molecule has 0 saturated carbocycles. The van der Waals surface area contributed by atoms with Crippen molar-refractivity contribution < 1.29 is 8.42 Å². The summed E-state index contributed by atoms with van der Waals surface area (Å²) in [5.41, 5.74) is 0. The van der Waals surface area contributed by atoms with Gasteiger partial charge in [-0.3, -0.25) is 0 Å². The maximum atomic E-state index is 12.2. The van der Waals surface area contributed by atoms with Crippen LogP contribution in [0.5, 0.6) is 0 Å². The van der Waals surface area contributed by atoms with Gasteiger partial charge in [0, 0.05) is 19.1 Å². The van der Waals surface area contributed by atoms with E-state index in [-0.39, 0.29) is 6.04 Å². The summed E-state index contributed by atoms with van der Waals surface area (Å²) in [5.74, 6) is 0.997. The van der Waals surface area contributed by atoms with Crippen LogP contribution in [-0.4, -0.2) is 44.9 Å². The average Bonchev–Trinajstić information content (AvgIpc) is 2.85. The molecule has 2 saturated heterocycles. The van der Waals surface area contributed by atoms with Crippen LogP contribution in [0.1, 0.15) is 26.7 Å². The molecule has 100 valence electrons. The van der Waals surface area contributed by atoms with Crippen LogP contribution in [0.4, 0.5) is 0 Å². The molecule has 0 radical (unpaired) electrons. The van der Waals surface area contributed by atoms with Crippen molar-refractivity contribution >= 4 is 10.2 Å². The molecule has 0 aliphatic carbocycles. The molecule has 0 aromatic heterocycles. The summed E-state index contributed by atoms with van der Waals surface area (Å²) >= 11 is 0. The summed E-state index contributed by atoms with van der Waals surface area (Å²) in [6.45, 7) is 7.18. The van der Waals surface area contributed by atoms with Gasteiger partial charge in [0.1, 0.15) is 0 Å². The molecule has 2 N–H and O–H groups in total. The molecule has 2 rings (SSSR count). The van der Waals surface area contributed by atoms with Crippen molar-refractivity contribution in [2.24, 2.45) is 11.8 Å². The van der Waals surface area contributed by atoms with E-state index >= 15 is 0 Å². The predicted octanol–water partition coefficient (Wildman–Crippen LogP) is 0.161. The Hall–Kier alpha value is -0.170. The van der Waals surface area contributed by atoms with Gasteiger partial charge in [0.25, 0.3) is 10.2 Å². The normalized spacial score (nSPS) is 34.1. The first kappa shape index (κ1) is 13.3. The van der Waals surface area contributed by atoms with E-state index in [2.05, 4.69) is 17.0 Å². The number of fused-ring (bicyclic) bond motifs is 1. The van der Waals surface area contributed by atoms with Gasteiger partial charge in [-0.1, -0.05) is 13.8 Å². The van der Waals surface area contributed by atoms with Gasteiger partial charge in [-0.25, -0.2) is 4.72 Å². The molecule has 5 nitrogen and oxygen atoms in total. The van der Waals surface area contributed by atoms with Crippen LogP contribution in [0, 0.1) is 11.8 Å². The summed E-state index contributed by atoms with van der Waals surface area (Å²) < 4.78 is 28.7. The van der Waals surface area contributed by atoms with Gasteiger partial charge >= 0.3 is 0 Å². The molecule has 2 heterocycles. The van der Waals surface area contributed by atoms with E-state index in [0.29, 0.717) is 24.9 Å². The van der Waals surface area contributed by atoms with E-state index in [1.54, 1.807) is 4.31 Å². The topological polar surface area (TPSA) is 61.4 Å². The zero-order valence-corrected chi connectivity index (χ0v) is 11.5. The van der Waals surface area contributed by atoms with Crippen LogP contribution in [0.2, 0.25) is 0 Å². The fourth-order valence-electron chi connectivity index (χ4n) is 3.08. The lowest BCUT2D eigenvalue weighted by atomic mass is 9.93. The largest absolute Gasteiger partial charge is 0.316 e. The summed E-state index contributed by atoms with van der Waals surface area (Å²) in [5, 5.41) is 3.36. The number of hydrogen-bond acceptors (Lipinski definition) is 3. The highest BCUT2D eigenvalue weighted by Gasteiger charge is 2.47. The van der Waals surface area contributed by atoms with E-state index < -0.39 is 10.2 Å². The third-order valence-electron chi connectivity index (χ3n) is 3.93. The number of nitrogens with one attached hydrogen (secondary N) is 2. The van der Waals surface area contributed by atoms with Gasteiger partial charge in [-0.05, 0) is 37.8 Å². The van der Waals surface area contributed by atoms with E-state index in [1.165, 1.54) is 0 Å². The Morgan fingerprint density at radius 3 is 2.76 bits per heavy atom. The second-order valence-corrected chi connectivity index (χ2v) is 6.73. The molecule has 0 bridgehead atoms. The lowest BCUT2D eigenvalue weighted by Crippen LogP contribution is -2.45. The lowest BCUT2D eigenvalue weighted by molar-refractivity contribution is 0.325. The maximum absolute atomic E-state index is 12.2. The first-order valence-corrected chi connectivity index (χ1v) is 8.01. The molecule has 3 atom stereocenters. The number of rotatable bonds is 5. The van der Waals surface area contributed by atoms with Gasteiger partial charge < -0.3 is 5.32 Å². The van der Waals surface area contributed by atoms with Crippen LogP contribution in [0.3, 0.4) is 0 Å². The number of hydrogen-bond donors (Lipinski definition) is 2. The second-order valence-electron chi connectivity index (χ2n) is 5.03. The molecule has 0 aromatic carbocycles. The summed E-state index contributed by atoms with van der Waals surface area (Å²) in [7, 11) is -3.27. The van der Waals surface area contributed by atoms with Gasteiger partial charge in [0.05, 0.1) is 0 Å². The Labute approximate surface area is 104 Å². The van der Waals surface area contributed by atoms with Crippen molar-refractivity contribution in [2.75, 3.05) is 26.2 Å². The predicted molar refractivity (Wildman–Crippen MR) is 67.8 cm³/mol. The van der Waals surface area contributed by atoms with Crippen molar-refractivity contribution in [3.8, 4) is 0 Å². The van der Waals surface area contributed by atoms with Crippen molar-refractivity contribution in [3.63, 3.8) is 0 Å². The van der Waals surface area contributed by atoms with E-state index in [9.17, 15) is 8.42 Å². The van der Waals surface area contributed by atoms with Gasteiger partial charge in [0.2, 0.25) is 0 Å². The Morgan fingerprint density at radius 1 is 1.35 bits per heavy atom. The van der Waals surface area contributed by atoms with Crippen LogP contribution in [0.25, 0.3) is 0 Å². The molecule has 17 heavy (non-hydrogen) atoms. The minimum Gasteiger partial charge on any atom is -0.316 e. The molecule has 2 fully saturated rings. The zero-order chi connectivity index (χ0) is 12.5. The third-order valence-corrected chi connectivity index (χ3v) is 5.54. The lowest BCUT2D eigenvalue weighted by Gasteiger charge is -2.26. The fourth-order valence-corrected chi connectivity index (χ4v) is 4.76. The fraction of sp³-hybridized carbons (Fsp3) is 1.00. The number of nitrogens with zero attached hydrogens (tertiary/aromatic N) is 1. The minimum absolute atomic E-state index is 0.171. The van der Waals surface area contributed by atoms with Crippen molar-refractivity contribution in [1.82, 2.24) is 14.3 Å². The molecule has 2 aliphatic rings. The van der Waals surface area contributed by atoms with Crippen LogP contribution in [0.15, 0.2) is 0 Å². The summed E-state index contributed by atoms with van der Waals surface area (Å²) in [4.78, 5) is 0. The highest BCUT2D eigenvalue weighted by atomic mass is 32.2. The molecular weight excluding hydrogens is 238 g/mol. The van der Waals surface area contributed by atoms with E-state index in [1.807, 2.05) is 6.92 Å². The molecule has 3 unspecified atom stereocenters. The highest BCUT2D eigenvalue weighted by Crippen LogP contribution is 2.35. The van der Waals surface area contributed by atoms with Crippen LogP contribution < -0.4 is 10.0 Å². The zero-order valence-electron chi connectivity index (χ0n) is 10.6. The first-order valence-electron chi connectivity index (χ1n) is 6.57. The molecule has 2 aliphatic heterocycles. The molecular formula is C11H23N3O2S. The average molecular weight is 261 g/mol. The van der Waals surface area contributed by atoms with Gasteiger partial charge in [-0.2, -0.15) is 12.7 Å². The molecule has 0 amide bonds. The monoisotopic (exact) mass is 261 g/mol. The SMILES string of the molecule is CCCNS(=O)(=O)N1CC2CNCC2C1CC. The molecule has 0 spiro atoms. The Balaban J connectivity index is 2.10. The van der Waals surface area contributed by atoms with Crippen molar-refractivity contribution in [1.29, 1.82) is 0 Å². The Morgan fingerprint density at radius 2 is 2.12 bits per heavy atom. The van der Waals surface area contributed by atoms with E-state index in [4.69, 9.17) is 0 Å². The van der Waals surface area contributed by atoms with E-state index in [0.717, 1.165) is 25.9 Å². The second kappa shape index (κ2) is 5.22. The van der Waals surface area contributed by atoms with Gasteiger partial charge in [-0.15, -0.1) is 0 Å².